The van der Waals surface area contributed by atoms with Crippen LogP contribution in [-0.4, -0.2) is 13.2 Å². The van der Waals surface area contributed by atoms with Gasteiger partial charge in [0, 0.05) is 28.2 Å². The summed E-state index contributed by atoms with van der Waals surface area (Å²) in [5.41, 5.74) is 1.92. The predicted octanol–water partition coefficient (Wildman–Crippen LogP) is 5.47. The van der Waals surface area contributed by atoms with Gasteiger partial charge in [0.25, 0.3) is 0 Å². The highest BCUT2D eigenvalue weighted by molar-refractivity contribution is 6.35. The van der Waals surface area contributed by atoms with Gasteiger partial charge in [-0.1, -0.05) is 42.3 Å². The Morgan fingerprint density at radius 1 is 1.08 bits per heavy atom. The van der Waals surface area contributed by atoms with Crippen molar-refractivity contribution in [3.05, 3.63) is 57.6 Å². The third-order valence-corrected chi connectivity index (χ3v) is 4.64. The standard InChI is InChI=1S/C19H23Cl2NO2/c1-4-13(2)22-11-14-8-9-18(19(10-14)23-3)24-12-15-16(20)6-5-7-17(15)21/h5-10,13,22H,4,11-12H2,1-3H3. The van der Waals surface area contributed by atoms with Crippen molar-refractivity contribution in [1.29, 1.82) is 0 Å². The molecule has 0 aliphatic heterocycles. The summed E-state index contributed by atoms with van der Waals surface area (Å²) in [6.45, 7) is 5.42. The van der Waals surface area contributed by atoms with Crippen LogP contribution < -0.4 is 14.8 Å². The number of hydrogen-bond donors (Lipinski definition) is 1. The first-order valence-electron chi connectivity index (χ1n) is 8.01. The van der Waals surface area contributed by atoms with Crippen LogP contribution in [0.5, 0.6) is 11.5 Å². The first kappa shape index (κ1) is 18.9. The maximum Gasteiger partial charge on any atom is 0.161 e. The summed E-state index contributed by atoms with van der Waals surface area (Å²) in [6.07, 6.45) is 1.09. The second-order valence-electron chi connectivity index (χ2n) is 5.66. The molecular weight excluding hydrogens is 345 g/mol. The van der Waals surface area contributed by atoms with Crippen LogP contribution in [0.15, 0.2) is 36.4 Å². The number of rotatable bonds is 8. The van der Waals surface area contributed by atoms with Gasteiger partial charge in [-0.25, -0.2) is 0 Å². The molecule has 0 fully saturated rings. The molecule has 0 spiro atoms. The number of nitrogens with one attached hydrogen (secondary N) is 1. The lowest BCUT2D eigenvalue weighted by atomic mass is 10.1. The molecule has 2 aromatic rings. The molecular formula is C19H23Cl2NO2. The van der Waals surface area contributed by atoms with E-state index >= 15 is 0 Å². The van der Waals surface area contributed by atoms with E-state index in [0.717, 1.165) is 24.1 Å². The van der Waals surface area contributed by atoms with Crippen LogP contribution in [0.1, 0.15) is 31.4 Å². The Labute approximate surface area is 153 Å². The van der Waals surface area contributed by atoms with Gasteiger partial charge >= 0.3 is 0 Å². The van der Waals surface area contributed by atoms with Crippen molar-refractivity contribution in [1.82, 2.24) is 5.32 Å². The third-order valence-electron chi connectivity index (χ3n) is 3.93. The Morgan fingerprint density at radius 3 is 2.42 bits per heavy atom. The molecule has 130 valence electrons. The molecule has 0 aromatic heterocycles. The molecule has 0 heterocycles. The molecule has 2 rings (SSSR count). The summed E-state index contributed by atoms with van der Waals surface area (Å²) in [5.74, 6) is 1.36. The smallest absolute Gasteiger partial charge is 0.161 e. The normalized spacial score (nSPS) is 12.0. The van der Waals surface area contributed by atoms with E-state index in [2.05, 4.69) is 19.2 Å². The molecule has 2 aromatic carbocycles. The van der Waals surface area contributed by atoms with Gasteiger partial charge in [-0.15, -0.1) is 0 Å². The van der Waals surface area contributed by atoms with Gasteiger partial charge < -0.3 is 14.8 Å². The fourth-order valence-corrected chi connectivity index (χ4v) is 2.70. The third kappa shape index (κ3) is 5.04. The van der Waals surface area contributed by atoms with E-state index < -0.39 is 0 Å². The molecule has 1 N–H and O–H groups in total. The molecule has 0 bridgehead atoms. The highest BCUT2D eigenvalue weighted by Crippen LogP contribution is 2.31. The Bertz CT molecular complexity index is 656. The average molecular weight is 368 g/mol. The van der Waals surface area contributed by atoms with E-state index in [-0.39, 0.29) is 0 Å². The summed E-state index contributed by atoms with van der Waals surface area (Å²) in [6, 6.07) is 11.8. The highest BCUT2D eigenvalue weighted by atomic mass is 35.5. The van der Waals surface area contributed by atoms with E-state index in [9.17, 15) is 0 Å². The molecule has 0 saturated carbocycles. The molecule has 0 aliphatic carbocycles. The van der Waals surface area contributed by atoms with Crippen LogP contribution in [0, 0.1) is 0 Å². The van der Waals surface area contributed by atoms with Crippen LogP contribution in [0.2, 0.25) is 10.0 Å². The number of halogens is 2. The van der Waals surface area contributed by atoms with Crippen LogP contribution in [0.3, 0.4) is 0 Å². The first-order valence-corrected chi connectivity index (χ1v) is 8.76. The Hall–Kier alpha value is -1.42. The topological polar surface area (TPSA) is 30.5 Å². The van der Waals surface area contributed by atoms with Crippen LogP contribution >= 0.6 is 23.2 Å². The lowest BCUT2D eigenvalue weighted by Crippen LogP contribution is -2.24. The molecule has 0 radical (unpaired) electrons. The van der Waals surface area contributed by atoms with Crippen molar-refractivity contribution in [3.8, 4) is 11.5 Å². The number of ether oxygens (including phenoxy) is 2. The van der Waals surface area contributed by atoms with E-state index in [1.165, 1.54) is 0 Å². The van der Waals surface area contributed by atoms with Crippen LogP contribution in [0.4, 0.5) is 0 Å². The van der Waals surface area contributed by atoms with Crippen molar-refractivity contribution >= 4 is 23.2 Å². The number of hydrogen-bond acceptors (Lipinski definition) is 3. The minimum atomic E-state index is 0.291. The summed E-state index contributed by atoms with van der Waals surface area (Å²) in [7, 11) is 1.64. The number of methoxy groups -OCH3 is 1. The van der Waals surface area contributed by atoms with Gasteiger partial charge in [-0.05, 0) is 43.2 Å². The van der Waals surface area contributed by atoms with Crippen molar-refractivity contribution in [3.63, 3.8) is 0 Å². The summed E-state index contributed by atoms with van der Waals surface area (Å²) < 4.78 is 11.3. The zero-order valence-electron chi connectivity index (χ0n) is 14.2. The van der Waals surface area contributed by atoms with Gasteiger partial charge in [-0.2, -0.15) is 0 Å². The Balaban J connectivity index is 2.07. The quantitative estimate of drug-likeness (QED) is 0.670. The van der Waals surface area contributed by atoms with Gasteiger partial charge in [0.1, 0.15) is 6.61 Å². The Morgan fingerprint density at radius 2 is 1.79 bits per heavy atom. The van der Waals surface area contributed by atoms with E-state index in [1.54, 1.807) is 19.2 Å². The summed E-state index contributed by atoms with van der Waals surface area (Å²) in [5, 5.41) is 4.65. The number of benzene rings is 2. The van der Waals surface area contributed by atoms with Crippen molar-refractivity contribution in [2.75, 3.05) is 7.11 Å². The zero-order valence-corrected chi connectivity index (χ0v) is 15.7. The lowest BCUT2D eigenvalue weighted by molar-refractivity contribution is 0.284. The van der Waals surface area contributed by atoms with E-state index in [1.807, 2.05) is 24.3 Å². The van der Waals surface area contributed by atoms with Gasteiger partial charge in [0.05, 0.1) is 7.11 Å². The second-order valence-corrected chi connectivity index (χ2v) is 6.48. The molecule has 0 aliphatic rings. The van der Waals surface area contributed by atoms with Crippen molar-refractivity contribution < 1.29 is 9.47 Å². The van der Waals surface area contributed by atoms with Crippen LogP contribution in [0.25, 0.3) is 0 Å². The fraction of sp³-hybridized carbons (Fsp3) is 0.368. The van der Waals surface area contributed by atoms with E-state index in [0.29, 0.717) is 34.2 Å². The molecule has 3 nitrogen and oxygen atoms in total. The zero-order chi connectivity index (χ0) is 17.5. The summed E-state index contributed by atoms with van der Waals surface area (Å²) in [4.78, 5) is 0. The van der Waals surface area contributed by atoms with Crippen molar-refractivity contribution in [2.45, 2.75) is 39.5 Å². The summed E-state index contributed by atoms with van der Waals surface area (Å²) >= 11 is 12.4. The predicted molar refractivity (Wildman–Crippen MR) is 100 cm³/mol. The maximum absolute atomic E-state index is 6.18. The molecule has 24 heavy (non-hydrogen) atoms. The molecule has 5 heteroatoms. The molecule has 0 amide bonds. The van der Waals surface area contributed by atoms with Crippen LogP contribution in [-0.2, 0) is 13.2 Å². The molecule has 1 atom stereocenters. The first-order chi connectivity index (χ1) is 11.5. The fourth-order valence-electron chi connectivity index (χ4n) is 2.20. The maximum atomic E-state index is 6.18. The van der Waals surface area contributed by atoms with Gasteiger partial charge in [0.15, 0.2) is 11.5 Å². The second kappa shape index (κ2) is 9.16. The van der Waals surface area contributed by atoms with Gasteiger partial charge in [0.2, 0.25) is 0 Å². The molecule has 1 unspecified atom stereocenters. The van der Waals surface area contributed by atoms with Crippen molar-refractivity contribution in [2.24, 2.45) is 0 Å². The lowest BCUT2D eigenvalue weighted by Gasteiger charge is -2.15. The van der Waals surface area contributed by atoms with Gasteiger partial charge in [-0.3, -0.25) is 0 Å². The minimum Gasteiger partial charge on any atom is -0.493 e. The SMILES string of the molecule is CCC(C)NCc1ccc(OCc2c(Cl)cccc2Cl)c(OC)c1. The highest BCUT2D eigenvalue weighted by Gasteiger charge is 2.10. The average Bonchev–Trinajstić information content (AvgIpc) is 2.59. The largest absolute Gasteiger partial charge is 0.493 e. The Kier molecular flexibility index (Phi) is 7.22. The monoisotopic (exact) mass is 367 g/mol. The van der Waals surface area contributed by atoms with E-state index in [4.69, 9.17) is 32.7 Å². The molecule has 0 saturated heterocycles. The minimum absolute atomic E-state index is 0.291.